The fraction of sp³-hybridized carbons (Fsp3) is 0.400. The lowest BCUT2D eigenvalue weighted by atomic mass is 10.1. The Labute approximate surface area is 91.1 Å². The Hall–Kier alpha value is -1.00. The van der Waals surface area contributed by atoms with Crippen LogP contribution in [0.2, 0.25) is 5.02 Å². The van der Waals surface area contributed by atoms with E-state index in [-0.39, 0.29) is 22.1 Å². The van der Waals surface area contributed by atoms with E-state index in [1.165, 1.54) is 13.2 Å². The van der Waals surface area contributed by atoms with Gasteiger partial charge in [-0.3, -0.25) is 0 Å². The Morgan fingerprint density at radius 2 is 2.13 bits per heavy atom. The van der Waals surface area contributed by atoms with Gasteiger partial charge < -0.3 is 14.9 Å². The molecule has 0 bridgehead atoms. The molecule has 82 valence electrons. The van der Waals surface area contributed by atoms with Crippen LogP contribution in [0.5, 0.6) is 11.5 Å². The summed E-state index contributed by atoms with van der Waals surface area (Å²) in [7, 11) is 1.34. The van der Waals surface area contributed by atoms with E-state index >= 15 is 0 Å². The average Bonchev–Trinajstić information content (AvgIpc) is 2.91. The molecular formula is C10H10ClFO3. The summed E-state index contributed by atoms with van der Waals surface area (Å²) in [6.07, 6.45) is 0.835. The second-order valence-electron chi connectivity index (χ2n) is 3.63. The van der Waals surface area contributed by atoms with Gasteiger partial charge in [0.05, 0.1) is 23.3 Å². The van der Waals surface area contributed by atoms with Gasteiger partial charge in [0.2, 0.25) is 0 Å². The number of rotatable bonds is 2. The molecular weight excluding hydrogens is 223 g/mol. The Balaban J connectivity index is 2.65. The Morgan fingerprint density at radius 3 is 2.60 bits per heavy atom. The summed E-state index contributed by atoms with van der Waals surface area (Å²) < 4.78 is 18.4. The summed E-state index contributed by atoms with van der Waals surface area (Å²) in [5.41, 5.74) is -1.45. The Kier molecular flexibility index (Phi) is 2.28. The Bertz CT molecular complexity index is 416. The van der Waals surface area contributed by atoms with Gasteiger partial charge in [-0.1, -0.05) is 11.6 Å². The van der Waals surface area contributed by atoms with Gasteiger partial charge in [-0.05, 0) is 12.8 Å². The van der Waals surface area contributed by atoms with Crippen LogP contribution < -0.4 is 4.74 Å². The molecule has 1 aliphatic carbocycles. The van der Waals surface area contributed by atoms with E-state index < -0.39 is 11.4 Å². The van der Waals surface area contributed by atoms with Crippen LogP contribution in [0.3, 0.4) is 0 Å². The molecule has 0 heterocycles. The first-order chi connectivity index (χ1) is 6.99. The standard InChI is InChI=1S/C10H10ClFO3/c1-15-6-4-5(11)8(12)7(9(6)13)10(14)2-3-10/h4,13-14H,2-3H2,1H3. The number of methoxy groups -OCH3 is 1. The van der Waals surface area contributed by atoms with E-state index in [0.29, 0.717) is 12.8 Å². The lowest BCUT2D eigenvalue weighted by Gasteiger charge is -2.15. The first-order valence-corrected chi connectivity index (χ1v) is 4.85. The minimum absolute atomic E-state index is 0.0664. The third kappa shape index (κ3) is 1.54. The highest BCUT2D eigenvalue weighted by molar-refractivity contribution is 6.31. The number of hydrogen-bond acceptors (Lipinski definition) is 3. The molecule has 0 aliphatic heterocycles. The highest BCUT2D eigenvalue weighted by Crippen LogP contribution is 2.53. The number of benzene rings is 1. The third-order valence-corrected chi connectivity index (χ3v) is 2.84. The number of phenols is 1. The average molecular weight is 233 g/mol. The van der Waals surface area contributed by atoms with Crippen molar-refractivity contribution in [1.82, 2.24) is 0 Å². The predicted molar refractivity (Wildman–Crippen MR) is 52.8 cm³/mol. The minimum Gasteiger partial charge on any atom is -0.504 e. The van der Waals surface area contributed by atoms with Crippen LogP contribution in [-0.2, 0) is 5.60 Å². The molecule has 0 saturated heterocycles. The molecule has 0 amide bonds. The topological polar surface area (TPSA) is 49.7 Å². The summed E-state index contributed by atoms with van der Waals surface area (Å²) in [5.74, 6) is -1.09. The number of phenolic OH excluding ortho intramolecular Hbond substituents is 1. The van der Waals surface area contributed by atoms with Crippen molar-refractivity contribution in [2.45, 2.75) is 18.4 Å². The van der Waals surface area contributed by atoms with Gasteiger partial charge in [0.1, 0.15) is 0 Å². The molecule has 2 rings (SSSR count). The molecule has 0 unspecified atom stereocenters. The molecule has 5 heteroatoms. The lowest BCUT2D eigenvalue weighted by molar-refractivity contribution is 0.142. The summed E-state index contributed by atoms with van der Waals surface area (Å²) in [4.78, 5) is 0. The van der Waals surface area contributed by atoms with Crippen molar-refractivity contribution >= 4 is 11.6 Å². The van der Waals surface area contributed by atoms with Crippen LogP contribution in [0.4, 0.5) is 4.39 Å². The molecule has 3 nitrogen and oxygen atoms in total. The van der Waals surface area contributed by atoms with Gasteiger partial charge in [-0.25, -0.2) is 4.39 Å². The van der Waals surface area contributed by atoms with Crippen LogP contribution >= 0.6 is 11.6 Å². The van der Waals surface area contributed by atoms with E-state index in [9.17, 15) is 14.6 Å². The number of aliphatic hydroxyl groups is 1. The number of aromatic hydroxyl groups is 1. The van der Waals surface area contributed by atoms with Crippen molar-refractivity contribution in [3.63, 3.8) is 0 Å². The summed E-state index contributed by atoms with van der Waals surface area (Å²) in [6.45, 7) is 0. The second kappa shape index (κ2) is 3.25. The van der Waals surface area contributed by atoms with E-state index in [0.717, 1.165) is 0 Å². The molecule has 1 aromatic carbocycles. The van der Waals surface area contributed by atoms with Crippen molar-refractivity contribution in [2.24, 2.45) is 0 Å². The quantitative estimate of drug-likeness (QED) is 0.822. The molecule has 2 N–H and O–H groups in total. The largest absolute Gasteiger partial charge is 0.504 e. The molecule has 1 saturated carbocycles. The Morgan fingerprint density at radius 1 is 1.53 bits per heavy atom. The molecule has 15 heavy (non-hydrogen) atoms. The normalized spacial score (nSPS) is 17.6. The third-order valence-electron chi connectivity index (χ3n) is 2.57. The highest BCUT2D eigenvalue weighted by atomic mass is 35.5. The highest BCUT2D eigenvalue weighted by Gasteiger charge is 2.47. The number of halogens is 2. The maximum absolute atomic E-state index is 13.6. The molecule has 1 aromatic rings. The number of hydrogen-bond donors (Lipinski definition) is 2. The van der Waals surface area contributed by atoms with Crippen molar-refractivity contribution in [3.8, 4) is 11.5 Å². The smallest absolute Gasteiger partial charge is 0.166 e. The van der Waals surface area contributed by atoms with Gasteiger partial charge in [0, 0.05) is 6.07 Å². The first-order valence-electron chi connectivity index (χ1n) is 4.47. The van der Waals surface area contributed by atoms with Crippen molar-refractivity contribution in [3.05, 3.63) is 22.5 Å². The zero-order chi connectivity index (χ0) is 11.2. The molecule has 0 atom stereocenters. The van der Waals surface area contributed by atoms with Gasteiger partial charge >= 0.3 is 0 Å². The zero-order valence-corrected chi connectivity index (χ0v) is 8.81. The first kappa shape index (κ1) is 10.5. The van der Waals surface area contributed by atoms with Crippen LogP contribution in [0.25, 0.3) is 0 Å². The minimum atomic E-state index is -1.29. The van der Waals surface area contributed by atoms with Gasteiger partial charge in [-0.15, -0.1) is 0 Å². The summed E-state index contributed by atoms with van der Waals surface area (Å²) >= 11 is 5.63. The van der Waals surface area contributed by atoms with Gasteiger partial charge in [0.25, 0.3) is 0 Å². The fourth-order valence-corrected chi connectivity index (χ4v) is 1.74. The SMILES string of the molecule is COc1cc(Cl)c(F)c(C2(O)CC2)c1O. The van der Waals surface area contributed by atoms with Crippen molar-refractivity contribution in [1.29, 1.82) is 0 Å². The molecule has 0 aromatic heterocycles. The lowest BCUT2D eigenvalue weighted by Crippen LogP contribution is -2.09. The maximum Gasteiger partial charge on any atom is 0.166 e. The zero-order valence-electron chi connectivity index (χ0n) is 8.05. The van der Waals surface area contributed by atoms with Crippen LogP contribution in [0.15, 0.2) is 6.07 Å². The summed E-state index contributed by atoms with van der Waals surface area (Å²) in [5, 5.41) is 19.3. The van der Waals surface area contributed by atoms with Crippen LogP contribution in [-0.4, -0.2) is 17.3 Å². The van der Waals surface area contributed by atoms with Crippen molar-refractivity contribution in [2.75, 3.05) is 7.11 Å². The molecule has 1 fully saturated rings. The molecule has 1 aliphatic rings. The monoisotopic (exact) mass is 232 g/mol. The van der Waals surface area contributed by atoms with E-state index in [2.05, 4.69) is 0 Å². The maximum atomic E-state index is 13.6. The van der Waals surface area contributed by atoms with E-state index in [1.54, 1.807) is 0 Å². The van der Waals surface area contributed by atoms with Gasteiger partial charge in [0.15, 0.2) is 17.3 Å². The molecule has 0 radical (unpaired) electrons. The van der Waals surface area contributed by atoms with Crippen LogP contribution in [0.1, 0.15) is 18.4 Å². The predicted octanol–water partition coefficient (Wildman–Crippen LogP) is 2.17. The number of ether oxygens (including phenoxy) is 1. The van der Waals surface area contributed by atoms with E-state index in [1.807, 2.05) is 0 Å². The van der Waals surface area contributed by atoms with Crippen LogP contribution in [0, 0.1) is 5.82 Å². The van der Waals surface area contributed by atoms with E-state index in [4.69, 9.17) is 16.3 Å². The van der Waals surface area contributed by atoms with Crippen molar-refractivity contribution < 1.29 is 19.3 Å². The summed E-state index contributed by atoms with van der Waals surface area (Å²) in [6, 6.07) is 1.18. The second-order valence-corrected chi connectivity index (χ2v) is 4.04. The fourth-order valence-electron chi connectivity index (χ4n) is 1.54. The molecule has 0 spiro atoms. The van der Waals surface area contributed by atoms with Gasteiger partial charge in [-0.2, -0.15) is 0 Å².